The quantitative estimate of drug-likeness (QED) is 0.0593. The number of nitrogens with zero attached hydrogens (tertiary/aromatic N) is 1. The number of methoxy groups -OCH3 is 1. The van der Waals surface area contributed by atoms with Gasteiger partial charge in [0.2, 0.25) is 35.4 Å². The van der Waals surface area contributed by atoms with Gasteiger partial charge >= 0.3 is 6.09 Å². The van der Waals surface area contributed by atoms with Gasteiger partial charge in [-0.25, -0.2) is 4.79 Å². The fraction of sp³-hybridized carbons (Fsp3) is 0.381. The molecular weight excluding hydrogens is 1060 g/mol. The fourth-order valence-corrected chi connectivity index (χ4v) is 11.0. The topological polar surface area (TPSA) is 276 Å². The summed E-state index contributed by atoms with van der Waals surface area (Å²) in [5.74, 6) is -2.98. The van der Waals surface area contributed by atoms with Crippen LogP contribution in [0.15, 0.2) is 140 Å². The highest BCUT2D eigenvalue weighted by Gasteiger charge is 2.45. The third kappa shape index (κ3) is 16.3. The first-order valence-corrected chi connectivity index (χ1v) is 28.5. The van der Waals surface area contributed by atoms with Crippen LogP contribution >= 0.6 is 0 Å². The number of amides is 7. The highest BCUT2D eigenvalue weighted by atomic mass is 16.6. The molecule has 0 bridgehead atoms. The predicted octanol–water partition coefficient (Wildman–Crippen LogP) is 3.90. The molecule has 5 aromatic carbocycles. The molecule has 0 unspecified atom stereocenters. The molecule has 3 aliphatic rings. The number of rotatable bonds is 18. The molecule has 3 aliphatic heterocycles. The lowest BCUT2D eigenvalue weighted by atomic mass is 9.90. The number of fused-ring (bicyclic) bond motifs is 2. The molecule has 20 nitrogen and oxygen atoms in total. The number of hydrogen-bond donors (Lipinski definition) is 9. The first kappa shape index (κ1) is 58.9. The Bertz CT molecular complexity index is 3160. The third-order valence-corrected chi connectivity index (χ3v) is 15.6. The van der Waals surface area contributed by atoms with Gasteiger partial charge in [0.15, 0.2) is 0 Å². The number of H-pyrrole nitrogens is 1. The fourth-order valence-electron chi connectivity index (χ4n) is 11.0. The van der Waals surface area contributed by atoms with Crippen molar-refractivity contribution in [2.45, 2.75) is 107 Å². The van der Waals surface area contributed by atoms with E-state index in [9.17, 15) is 4.79 Å². The van der Waals surface area contributed by atoms with Gasteiger partial charge < -0.3 is 67.0 Å². The Balaban J connectivity index is 1.11. The lowest BCUT2D eigenvalue weighted by molar-refractivity contribution is -0.143. The normalized spacial score (nSPS) is 22.2. The molecule has 0 radical (unpaired) electrons. The molecule has 4 heterocycles. The second-order valence-electron chi connectivity index (χ2n) is 21.5. The number of nitrogens with one attached hydrogen (secondary N) is 8. The summed E-state index contributed by atoms with van der Waals surface area (Å²) in [6.07, 6.45) is 1.71. The van der Waals surface area contributed by atoms with E-state index < -0.39 is 83.9 Å². The van der Waals surface area contributed by atoms with E-state index in [2.05, 4.69) is 42.2 Å². The van der Waals surface area contributed by atoms with Gasteiger partial charge in [-0.2, -0.15) is 0 Å². The number of carbonyl (C=O) groups is 7. The number of benzene rings is 5. The van der Waals surface area contributed by atoms with Crippen LogP contribution in [-0.4, -0.2) is 134 Å². The maximum atomic E-state index is 15.5. The summed E-state index contributed by atoms with van der Waals surface area (Å²) in [5, 5.41) is 21.7. The molecule has 9 rings (SSSR count). The SMILES string of the molecule is COc1ccc(C[C@@H]2NC(=O)[C@H](Cc3ccc(OCc4ccccc4)cc3)NC(=O)[C@H](CC3CCNCC3)NC(=O)[C@@H](Cc3c[nH]c4ccccc34)NC(=O)[C@H](CCc3ccccc3)NC(=O)[C@@H]3C[C@@H](OC(=O)NCCN)CN3C2=O)cc1. The van der Waals surface area contributed by atoms with Crippen molar-refractivity contribution in [3.63, 3.8) is 0 Å². The summed E-state index contributed by atoms with van der Waals surface area (Å²) >= 11 is 0. The number of piperidine rings is 1. The highest BCUT2D eigenvalue weighted by molar-refractivity contribution is 5.99. The summed E-state index contributed by atoms with van der Waals surface area (Å²) in [6, 6.07) is 33.0. The number of para-hydroxylation sites is 1. The average Bonchev–Trinajstić information content (AvgIpc) is 4.38. The number of ether oxygens (including phenoxy) is 3. The minimum absolute atomic E-state index is 0.000416. The molecule has 0 aliphatic carbocycles. The number of alkyl carbamates (subject to hydrolysis) is 1. The van der Waals surface area contributed by atoms with Crippen molar-refractivity contribution in [2.75, 3.05) is 39.8 Å². The number of hydrogen-bond acceptors (Lipinski definition) is 12. The molecule has 7 amide bonds. The van der Waals surface area contributed by atoms with Gasteiger partial charge in [-0.1, -0.05) is 103 Å². The molecule has 20 heteroatoms. The maximum absolute atomic E-state index is 15.5. The van der Waals surface area contributed by atoms with E-state index in [0.29, 0.717) is 54.3 Å². The van der Waals surface area contributed by atoms with E-state index in [4.69, 9.17) is 19.9 Å². The molecule has 6 aromatic rings. The summed E-state index contributed by atoms with van der Waals surface area (Å²) in [5.41, 5.74) is 10.3. The molecule has 1 aromatic heterocycles. The van der Waals surface area contributed by atoms with Gasteiger partial charge in [0.1, 0.15) is 60.5 Å². The molecule has 7 atom stereocenters. The van der Waals surface area contributed by atoms with Gasteiger partial charge in [0, 0.05) is 55.9 Å². The molecule has 3 fully saturated rings. The lowest BCUT2D eigenvalue weighted by Crippen LogP contribution is -2.62. The second-order valence-corrected chi connectivity index (χ2v) is 21.5. The Morgan fingerprint density at radius 1 is 0.614 bits per heavy atom. The van der Waals surface area contributed by atoms with E-state index in [-0.39, 0.29) is 64.1 Å². The maximum Gasteiger partial charge on any atom is 0.407 e. The smallest absolute Gasteiger partial charge is 0.407 e. The van der Waals surface area contributed by atoms with Crippen molar-refractivity contribution in [3.8, 4) is 11.5 Å². The Labute approximate surface area is 482 Å². The minimum atomic E-state index is -1.37. The van der Waals surface area contributed by atoms with Crippen LogP contribution in [0, 0.1) is 5.92 Å². The van der Waals surface area contributed by atoms with Gasteiger partial charge in [0.25, 0.3) is 0 Å². The van der Waals surface area contributed by atoms with Crippen LogP contribution in [0.25, 0.3) is 10.9 Å². The number of aromatic amines is 1. The van der Waals surface area contributed by atoms with Crippen LogP contribution in [-0.2, 0) is 65.8 Å². The van der Waals surface area contributed by atoms with Gasteiger partial charge in [0.05, 0.1) is 13.7 Å². The summed E-state index contributed by atoms with van der Waals surface area (Å²) in [6.45, 7) is 1.71. The van der Waals surface area contributed by atoms with Crippen LogP contribution < -0.4 is 52.4 Å². The van der Waals surface area contributed by atoms with Gasteiger partial charge in [-0.05, 0) is 109 Å². The van der Waals surface area contributed by atoms with E-state index in [0.717, 1.165) is 34.9 Å². The molecule has 10 N–H and O–H groups in total. The predicted molar refractivity (Wildman–Crippen MR) is 312 cm³/mol. The molecule has 436 valence electrons. The Morgan fingerprint density at radius 3 is 1.86 bits per heavy atom. The minimum Gasteiger partial charge on any atom is -0.497 e. The number of carbonyl (C=O) groups excluding carboxylic acids is 7. The summed E-state index contributed by atoms with van der Waals surface area (Å²) in [4.78, 5) is 109. The largest absolute Gasteiger partial charge is 0.497 e. The highest BCUT2D eigenvalue weighted by Crippen LogP contribution is 2.26. The molecular formula is C63H74N10O10. The van der Waals surface area contributed by atoms with Gasteiger partial charge in [-0.3, -0.25) is 28.8 Å². The van der Waals surface area contributed by atoms with E-state index in [1.807, 2.05) is 84.9 Å². The van der Waals surface area contributed by atoms with Crippen LogP contribution in [0.3, 0.4) is 0 Å². The van der Waals surface area contributed by atoms with Crippen molar-refractivity contribution < 1.29 is 47.8 Å². The van der Waals surface area contributed by atoms with Crippen LogP contribution in [0.5, 0.6) is 11.5 Å². The van der Waals surface area contributed by atoms with Crippen LogP contribution in [0.2, 0.25) is 0 Å². The Morgan fingerprint density at radius 2 is 1.18 bits per heavy atom. The van der Waals surface area contributed by atoms with Gasteiger partial charge in [-0.15, -0.1) is 0 Å². The molecule has 3 saturated heterocycles. The number of nitrogens with two attached hydrogens (primary N) is 1. The number of aryl methyl sites for hydroxylation is 1. The zero-order chi connectivity index (χ0) is 58.1. The zero-order valence-corrected chi connectivity index (χ0v) is 46.6. The summed E-state index contributed by atoms with van der Waals surface area (Å²) in [7, 11) is 1.53. The second kappa shape index (κ2) is 28.8. The van der Waals surface area contributed by atoms with E-state index >= 15 is 28.8 Å². The van der Waals surface area contributed by atoms with Crippen LogP contribution in [0.1, 0.15) is 59.9 Å². The average molecular weight is 1130 g/mol. The first-order chi connectivity index (χ1) is 40.4. The molecule has 83 heavy (non-hydrogen) atoms. The standard InChI is InChI=1S/C63H74N10O10/c1-81-46-21-16-42(17-22-46)34-55-62(79)73-38-48(83-63(80)66-31-28-64)36-56(73)61(78)68-51(25-20-40-10-4-2-5-11-40)57(74)71-54(35-45-37-67-50-15-9-8-14-49(45)50)60(77)70-53(33-43-26-29-65-30-27-43)58(75)69-52(59(76)72-55)32-41-18-23-47(24-19-41)82-39-44-12-6-3-7-13-44/h2-19,21-24,37,43,48,51-56,65,67H,20,25-36,38-39,64H2,1H3,(H,66,80)(H,68,78)(H,69,75)(H,70,77)(H,71,74)(H,72,76)/t48-,51+,52+,53+,54-,55+,56+/m1/s1. The summed E-state index contributed by atoms with van der Waals surface area (Å²) < 4.78 is 17.3. The first-order valence-electron chi connectivity index (χ1n) is 28.5. The Hall–Kier alpha value is -8.75. The molecule has 0 saturated carbocycles. The monoisotopic (exact) mass is 1130 g/mol. The van der Waals surface area contributed by atoms with Crippen molar-refractivity contribution in [1.82, 2.24) is 47.1 Å². The zero-order valence-electron chi connectivity index (χ0n) is 46.6. The van der Waals surface area contributed by atoms with Crippen molar-refractivity contribution in [1.29, 1.82) is 0 Å². The van der Waals surface area contributed by atoms with E-state index in [1.54, 1.807) is 54.7 Å². The third-order valence-electron chi connectivity index (χ3n) is 15.6. The van der Waals surface area contributed by atoms with Crippen molar-refractivity contribution in [2.24, 2.45) is 11.7 Å². The van der Waals surface area contributed by atoms with E-state index in [1.165, 1.54) is 12.0 Å². The molecule has 0 spiro atoms. The van der Waals surface area contributed by atoms with Crippen molar-refractivity contribution >= 4 is 52.4 Å². The van der Waals surface area contributed by atoms with Crippen molar-refractivity contribution in [3.05, 3.63) is 167 Å². The number of aromatic nitrogens is 1. The Kier molecular flexibility index (Phi) is 20.4. The lowest BCUT2D eigenvalue weighted by Gasteiger charge is -2.32. The van der Waals surface area contributed by atoms with Crippen LogP contribution in [0.4, 0.5) is 4.79 Å².